The molecule has 1 heterocycles. The fourth-order valence-corrected chi connectivity index (χ4v) is 5.46. The van der Waals surface area contributed by atoms with Gasteiger partial charge in [-0.15, -0.1) is 0 Å². The molecule has 0 radical (unpaired) electrons. The van der Waals surface area contributed by atoms with Crippen LogP contribution in [0.25, 0.3) is 38.6 Å². The summed E-state index contributed by atoms with van der Waals surface area (Å²) < 4.78 is 2.41. The molecule has 1 aliphatic rings. The quantitative estimate of drug-likeness (QED) is 0.275. The number of hydrogen-bond donors (Lipinski definition) is 0. The van der Waals surface area contributed by atoms with Crippen LogP contribution in [0.15, 0.2) is 91.0 Å². The van der Waals surface area contributed by atoms with E-state index in [4.69, 9.17) is 0 Å². The Hall–Kier alpha value is -3.32. The molecule has 1 atom stereocenters. The Morgan fingerprint density at radius 3 is 1.83 bits per heavy atom. The third-order valence-electron chi connectivity index (χ3n) is 6.61. The minimum Gasteiger partial charge on any atom is -0.309 e. The van der Waals surface area contributed by atoms with E-state index in [1.165, 1.54) is 49.7 Å². The van der Waals surface area contributed by atoms with E-state index in [9.17, 15) is 0 Å². The van der Waals surface area contributed by atoms with Crippen LogP contribution in [0, 0.1) is 5.41 Å². The van der Waals surface area contributed by atoms with E-state index < -0.39 is 0 Å². The van der Waals surface area contributed by atoms with Gasteiger partial charge in [0.15, 0.2) is 0 Å². The van der Waals surface area contributed by atoms with E-state index in [0.29, 0.717) is 5.92 Å². The highest BCUT2D eigenvalue weighted by atomic mass is 15.0. The standard InChI is InChI=1S/C29H25N/c1-29(2,3)28-23-13-5-4-10-20(23)25-18-19(16-17-24(25)28)30-26-14-8-6-11-21(26)22-12-7-9-15-27(22)30/h4-18,28H,1-3H3. The number of hydrogen-bond acceptors (Lipinski definition) is 0. The van der Waals surface area contributed by atoms with E-state index >= 15 is 0 Å². The first-order valence-electron chi connectivity index (χ1n) is 10.8. The first kappa shape index (κ1) is 17.5. The van der Waals surface area contributed by atoms with E-state index in [1.807, 2.05) is 0 Å². The normalized spacial score (nSPS) is 15.5. The molecule has 1 aromatic heterocycles. The molecule has 5 aromatic rings. The molecule has 6 rings (SSSR count). The molecule has 0 spiro atoms. The van der Waals surface area contributed by atoms with E-state index in [1.54, 1.807) is 0 Å². The van der Waals surface area contributed by atoms with E-state index in [0.717, 1.165) is 0 Å². The monoisotopic (exact) mass is 387 g/mol. The van der Waals surface area contributed by atoms with Gasteiger partial charge < -0.3 is 4.57 Å². The number of para-hydroxylation sites is 2. The first-order chi connectivity index (χ1) is 14.5. The second kappa shape index (κ2) is 6.09. The van der Waals surface area contributed by atoms with E-state index in [-0.39, 0.29) is 5.41 Å². The van der Waals surface area contributed by atoms with Crippen LogP contribution in [-0.4, -0.2) is 4.57 Å². The average Bonchev–Trinajstić information content (AvgIpc) is 3.26. The molecule has 0 saturated carbocycles. The third-order valence-corrected chi connectivity index (χ3v) is 6.61. The Kier molecular flexibility index (Phi) is 3.56. The van der Waals surface area contributed by atoms with Crippen molar-refractivity contribution < 1.29 is 0 Å². The maximum Gasteiger partial charge on any atom is 0.0541 e. The van der Waals surface area contributed by atoms with Crippen molar-refractivity contribution in [3.63, 3.8) is 0 Å². The van der Waals surface area contributed by atoms with Crippen LogP contribution < -0.4 is 0 Å². The molecule has 30 heavy (non-hydrogen) atoms. The molecule has 0 bridgehead atoms. The van der Waals surface area contributed by atoms with Gasteiger partial charge in [0.05, 0.1) is 11.0 Å². The maximum atomic E-state index is 2.41. The predicted octanol–water partition coefficient (Wildman–Crippen LogP) is 7.94. The van der Waals surface area contributed by atoms with Gasteiger partial charge in [-0.25, -0.2) is 0 Å². The topological polar surface area (TPSA) is 4.93 Å². The molecule has 1 unspecified atom stereocenters. The SMILES string of the molecule is CC(C)(C)C1c2ccccc2-c2cc(-n3c4ccccc4c4ccccc43)ccc21. The van der Waals surface area contributed by atoms with Crippen molar-refractivity contribution in [3.05, 3.63) is 102 Å². The molecular weight excluding hydrogens is 362 g/mol. The van der Waals surface area contributed by atoms with E-state index in [2.05, 4.69) is 116 Å². The van der Waals surface area contributed by atoms with Crippen LogP contribution in [-0.2, 0) is 0 Å². The zero-order chi connectivity index (χ0) is 20.5. The molecule has 0 saturated heterocycles. The Morgan fingerprint density at radius 2 is 1.17 bits per heavy atom. The van der Waals surface area contributed by atoms with Crippen molar-refractivity contribution in [2.45, 2.75) is 26.7 Å². The van der Waals surface area contributed by atoms with Gasteiger partial charge >= 0.3 is 0 Å². The average molecular weight is 388 g/mol. The molecule has 1 heteroatoms. The van der Waals surface area contributed by atoms with Gasteiger partial charge in [-0.1, -0.05) is 87.5 Å². The molecule has 1 nitrogen and oxygen atoms in total. The first-order valence-corrected chi connectivity index (χ1v) is 10.8. The highest BCUT2D eigenvalue weighted by molar-refractivity contribution is 6.09. The zero-order valence-corrected chi connectivity index (χ0v) is 17.7. The molecular formula is C29H25N. The second-order valence-corrected chi connectivity index (χ2v) is 9.53. The Labute approximate surface area is 177 Å². The summed E-state index contributed by atoms with van der Waals surface area (Å²) in [5.74, 6) is 0.427. The van der Waals surface area contributed by atoms with Gasteiger partial charge in [0, 0.05) is 22.4 Å². The van der Waals surface area contributed by atoms with Crippen molar-refractivity contribution in [1.29, 1.82) is 0 Å². The molecule has 146 valence electrons. The van der Waals surface area contributed by atoms with Crippen LogP contribution in [0.5, 0.6) is 0 Å². The summed E-state index contributed by atoms with van der Waals surface area (Å²) in [7, 11) is 0. The van der Waals surface area contributed by atoms with Gasteiger partial charge in [-0.3, -0.25) is 0 Å². The number of rotatable bonds is 1. The van der Waals surface area contributed by atoms with Crippen LogP contribution in [0.2, 0.25) is 0 Å². The molecule has 4 aromatic carbocycles. The number of aromatic nitrogens is 1. The Balaban J connectivity index is 1.66. The summed E-state index contributed by atoms with van der Waals surface area (Å²) in [5.41, 5.74) is 9.60. The molecule has 1 aliphatic carbocycles. The fraction of sp³-hybridized carbons (Fsp3) is 0.172. The number of benzene rings is 4. The molecule has 0 N–H and O–H groups in total. The van der Waals surface area contributed by atoms with Crippen molar-refractivity contribution >= 4 is 21.8 Å². The summed E-state index contributed by atoms with van der Waals surface area (Å²) in [6.45, 7) is 7.05. The van der Waals surface area contributed by atoms with Crippen LogP contribution in [0.1, 0.15) is 37.8 Å². The molecule has 0 fully saturated rings. The van der Waals surface area contributed by atoms with Crippen LogP contribution >= 0.6 is 0 Å². The smallest absolute Gasteiger partial charge is 0.0541 e. The minimum atomic E-state index is 0.176. The Morgan fingerprint density at radius 1 is 0.600 bits per heavy atom. The summed E-state index contributed by atoms with van der Waals surface area (Å²) >= 11 is 0. The van der Waals surface area contributed by atoms with Crippen molar-refractivity contribution in [3.8, 4) is 16.8 Å². The van der Waals surface area contributed by atoms with Crippen molar-refractivity contribution in [2.75, 3.05) is 0 Å². The van der Waals surface area contributed by atoms with Crippen molar-refractivity contribution in [1.82, 2.24) is 4.57 Å². The molecule has 0 amide bonds. The van der Waals surface area contributed by atoms with Gasteiger partial charge in [0.25, 0.3) is 0 Å². The van der Waals surface area contributed by atoms with Gasteiger partial charge in [0.2, 0.25) is 0 Å². The van der Waals surface area contributed by atoms with Crippen molar-refractivity contribution in [2.24, 2.45) is 5.41 Å². The van der Waals surface area contributed by atoms with Crippen LogP contribution in [0.3, 0.4) is 0 Å². The number of fused-ring (bicyclic) bond motifs is 6. The lowest BCUT2D eigenvalue weighted by atomic mass is 9.75. The predicted molar refractivity (Wildman–Crippen MR) is 128 cm³/mol. The second-order valence-electron chi connectivity index (χ2n) is 9.53. The third kappa shape index (κ3) is 2.35. The summed E-state index contributed by atoms with van der Waals surface area (Å²) in [4.78, 5) is 0. The largest absolute Gasteiger partial charge is 0.309 e. The maximum absolute atomic E-state index is 2.41. The van der Waals surface area contributed by atoms with Gasteiger partial charge in [-0.2, -0.15) is 0 Å². The summed E-state index contributed by atoms with van der Waals surface area (Å²) in [6, 6.07) is 33.5. The number of nitrogens with zero attached hydrogens (tertiary/aromatic N) is 1. The summed E-state index contributed by atoms with van der Waals surface area (Å²) in [6.07, 6.45) is 0. The van der Waals surface area contributed by atoms with Crippen LogP contribution in [0.4, 0.5) is 0 Å². The minimum absolute atomic E-state index is 0.176. The lowest BCUT2D eigenvalue weighted by Crippen LogP contribution is -2.17. The van der Waals surface area contributed by atoms with Gasteiger partial charge in [0.1, 0.15) is 0 Å². The summed E-state index contributed by atoms with van der Waals surface area (Å²) in [5, 5.41) is 2.61. The molecule has 0 aliphatic heterocycles. The Bertz CT molecular complexity index is 1380. The highest BCUT2D eigenvalue weighted by Gasteiger charge is 2.36. The lowest BCUT2D eigenvalue weighted by Gasteiger charge is -2.29. The highest BCUT2D eigenvalue weighted by Crippen LogP contribution is 2.52. The zero-order valence-electron chi connectivity index (χ0n) is 17.7. The fourth-order valence-electron chi connectivity index (χ4n) is 5.46. The van der Waals surface area contributed by atoms with Gasteiger partial charge in [-0.05, 0) is 51.9 Å². The lowest BCUT2D eigenvalue weighted by molar-refractivity contribution is 0.363.